The second-order valence-electron chi connectivity index (χ2n) is 3.74. The van der Waals surface area contributed by atoms with Crippen molar-refractivity contribution in [1.29, 1.82) is 0 Å². The van der Waals surface area contributed by atoms with Crippen LogP contribution in [0.4, 0.5) is 10.1 Å². The third-order valence-corrected chi connectivity index (χ3v) is 2.71. The Morgan fingerprint density at radius 1 is 1.38 bits per heavy atom. The van der Waals surface area contributed by atoms with Gasteiger partial charge in [0.15, 0.2) is 0 Å². The van der Waals surface area contributed by atoms with Gasteiger partial charge in [0.1, 0.15) is 5.82 Å². The monoisotopic (exact) mass is 238 g/mol. The van der Waals surface area contributed by atoms with E-state index in [0.717, 1.165) is 18.5 Å². The lowest BCUT2D eigenvalue weighted by atomic mass is 10.1. The summed E-state index contributed by atoms with van der Waals surface area (Å²) in [4.78, 5) is 4.39. The number of hydrogen-bond donors (Lipinski definition) is 1. The normalized spacial score (nSPS) is 10.9. The zero-order valence-corrected chi connectivity index (χ0v) is 9.68. The molecule has 0 saturated carbocycles. The van der Waals surface area contributed by atoms with Gasteiger partial charge in [0, 0.05) is 16.8 Å². The van der Waals surface area contributed by atoms with Gasteiger partial charge in [0.2, 0.25) is 0 Å². The van der Waals surface area contributed by atoms with Crippen molar-refractivity contribution in [3.05, 3.63) is 34.7 Å². The predicted octanol–water partition coefficient (Wildman–Crippen LogP) is 3.56. The fourth-order valence-corrected chi connectivity index (χ4v) is 1.97. The van der Waals surface area contributed by atoms with Crippen LogP contribution in [-0.4, -0.2) is 4.98 Å². The minimum Gasteiger partial charge on any atom is -0.398 e. The number of benzene rings is 1. The van der Waals surface area contributed by atoms with Crippen LogP contribution in [0.25, 0.3) is 10.9 Å². The first-order valence-corrected chi connectivity index (χ1v) is 5.53. The molecule has 0 atom stereocenters. The molecule has 4 heteroatoms. The Morgan fingerprint density at radius 3 is 2.81 bits per heavy atom. The molecule has 0 aliphatic carbocycles. The number of aryl methyl sites for hydroxylation is 1. The summed E-state index contributed by atoms with van der Waals surface area (Å²) in [6.45, 7) is 2.06. The van der Waals surface area contributed by atoms with Crippen molar-refractivity contribution in [1.82, 2.24) is 4.98 Å². The molecule has 0 spiro atoms. The second kappa shape index (κ2) is 4.26. The summed E-state index contributed by atoms with van der Waals surface area (Å²) < 4.78 is 13.2. The van der Waals surface area contributed by atoms with E-state index < -0.39 is 5.82 Å². The minimum absolute atomic E-state index is 0.305. The largest absolute Gasteiger partial charge is 0.398 e. The SMILES string of the molecule is CCCc1cc(N)c2cc(F)cc(Cl)c2n1. The van der Waals surface area contributed by atoms with Crippen LogP contribution in [0.1, 0.15) is 19.0 Å². The van der Waals surface area contributed by atoms with Gasteiger partial charge in [-0.25, -0.2) is 4.39 Å². The highest BCUT2D eigenvalue weighted by Crippen LogP contribution is 2.28. The van der Waals surface area contributed by atoms with E-state index in [4.69, 9.17) is 17.3 Å². The van der Waals surface area contributed by atoms with Gasteiger partial charge >= 0.3 is 0 Å². The van der Waals surface area contributed by atoms with Crippen LogP contribution in [0.15, 0.2) is 18.2 Å². The van der Waals surface area contributed by atoms with Gasteiger partial charge < -0.3 is 5.73 Å². The van der Waals surface area contributed by atoms with Crippen molar-refractivity contribution in [2.24, 2.45) is 0 Å². The molecule has 0 fully saturated rings. The van der Waals surface area contributed by atoms with E-state index in [2.05, 4.69) is 11.9 Å². The van der Waals surface area contributed by atoms with E-state index in [1.54, 1.807) is 6.07 Å². The molecule has 0 amide bonds. The first-order chi connectivity index (χ1) is 7.61. The molecular formula is C12H12ClFN2. The molecule has 1 aromatic heterocycles. The van der Waals surface area contributed by atoms with Crippen LogP contribution in [-0.2, 0) is 6.42 Å². The molecule has 0 bridgehead atoms. The van der Waals surface area contributed by atoms with Crippen molar-refractivity contribution < 1.29 is 4.39 Å². The zero-order valence-electron chi connectivity index (χ0n) is 8.93. The molecule has 0 aliphatic rings. The maximum absolute atomic E-state index is 13.2. The van der Waals surface area contributed by atoms with Crippen molar-refractivity contribution in [3.63, 3.8) is 0 Å². The van der Waals surface area contributed by atoms with Crippen molar-refractivity contribution in [2.75, 3.05) is 5.73 Å². The number of halogens is 2. The smallest absolute Gasteiger partial charge is 0.125 e. The van der Waals surface area contributed by atoms with Crippen molar-refractivity contribution >= 4 is 28.2 Å². The van der Waals surface area contributed by atoms with Gasteiger partial charge in [0.05, 0.1) is 10.5 Å². The first kappa shape index (κ1) is 11.1. The summed E-state index contributed by atoms with van der Waals surface area (Å²) in [5.74, 6) is -0.394. The van der Waals surface area contributed by atoms with Crippen LogP contribution < -0.4 is 5.73 Å². The molecule has 0 aliphatic heterocycles. The Kier molecular flexibility index (Phi) is 2.97. The lowest BCUT2D eigenvalue weighted by Crippen LogP contribution is -1.96. The molecule has 2 rings (SSSR count). The maximum atomic E-state index is 13.2. The molecule has 2 aromatic rings. The van der Waals surface area contributed by atoms with E-state index in [-0.39, 0.29) is 0 Å². The van der Waals surface area contributed by atoms with Crippen molar-refractivity contribution in [2.45, 2.75) is 19.8 Å². The quantitative estimate of drug-likeness (QED) is 0.869. The highest BCUT2D eigenvalue weighted by atomic mass is 35.5. The molecule has 1 heterocycles. The summed E-state index contributed by atoms with van der Waals surface area (Å²) in [5, 5.41) is 0.879. The number of nitrogens with two attached hydrogens (primary N) is 1. The molecule has 2 N–H and O–H groups in total. The van der Waals surface area contributed by atoms with Gasteiger partial charge in [-0.05, 0) is 24.6 Å². The summed E-state index contributed by atoms with van der Waals surface area (Å²) in [6, 6.07) is 4.40. The summed E-state index contributed by atoms with van der Waals surface area (Å²) >= 11 is 5.95. The first-order valence-electron chi connectivity index (χ1n) is 5.16. The summed E-state index contributed by atoms with van der Waals surface area (Å²) in [6.07, 6.45) is 1.82. The molecule has 1 aromatic carbocycles. The summed E-state index contributed by atoms with van der Waals surface area (Å²) in [7, 11) is 0. The topological polar surface area (TPSA) is 38.9 Å². The lowest BCUT2D eigenvalue weighted by Gasteiger charge is -2.07. The van der Waals surface area contributed by atoms with Gasteiger partial charge in [-0.15, -0.1) is 0 Å². The average molecular weight is 239 g/mol. The third-order valence-electron chi connectivity index (χ3n) is 2.42. The number of hydrogen-bond acceptors (Lipinski definition) is 2. The number of fused-ring (bicyclic) bond motifs is 1. The molecule has 0 unspecified atom stereocenters. The Morgan fingerprint density at radius 2 is 2.12 bits per heavy atom. The lowest BCUT2D eigenvalue weighted by molar-refractivity contribution is 0.629. The summed E-state index contributed by atoms with van der Waals surface area (Å²) in [5.41, 5.74) is 7.85. The third kappa shape index (κ3) is 1.95. The van der Waals surface area contributed by atoms with Crippen LogP contribution in [0.3, 0.4) is 0 Å². The van der Waals surface area contributed by atoms with Gasteiger partial charge in [0.25, 0.3) is 0 Å². The average Bonchev–Trinajstić information content (AvgIpc) is 2.20. The molecule has 16 heavy (non-hydrogen) atoms. The van der Waals surface area contributed by atoms with Gasteiger partial charge in [-0.3, -0.25) is 4.98 Å². The number of nitrogens with zero attached hydrogens (tertiary/aromatic N) is 1. The number of pyridine rings is 1. The fourth-order valence-electron chi connectivity index (χ4n) is 1.72. The van der Waals surface area contributed by atoms with E-state index in [1.165, 1.54) is 12.1 Å². The van der Waals surface area contributed by atoms with Crippen LogP contribution >= 0.6 is 11.6 Å². The van der Waals surface area contributed by atoms with Crippen LogP contribution in [0, 0.1) is 5.82 Å². The Hall–Kier alpha value is -1.35. The highest BCUT2D eigenvalue weighted by molar-refractivity contribution is 6.35. The number of rotatable bonds is 2. The Labute approximate surface area is 98.2 Å². The molecular weight excluding hydrogens is 227 g/mol. The molecule has 0 saturated heterocycles. The highest BCUT2D eigenvalue weighted by Gasteiger charge is 2.08. The Bertz CT molecular complexity index is 540. The fraction of sp³-hybridized carbons (Fsp3) is 0.250. The molecule has 84 valence electrons. The predicted molar refractivity (Wildman–Crippen MR) is 65.1 cm³/mol. The van der Waals surface area contributed by atoms with Crippen LogP contribution in [0.2, 0.25) is 5.02 Å². The maximum Gasteiger partial charge on any atom is 0.125 e. The molecule has 2 nitrogen and oxygen atoms in total. The Balaban J connectivity index is 2.71. The van der Waals surface area contributed by atoms with Crippen LogP contribution in [0.5, 0.6) is 0 Å². The molecule has 0 radical (unpaired) electrons. The van der Waals surface area contributed by atoms with Gasteiger partial charge in [-0.2, -0.15) is 0 Å². The number of nitrogen functional groups attached to an aromatic ring is 1. The van der Waals surface area contributed by atoms with E-state index in [9.17, 15) is 4.39 Å². The van der Waals surface area contributed by atoms with E-state index in [1.807, 2.05) is 0 Å². The second-order valence-corrected chi connectivity index (χ2v) is 4.14. The van der Waals surface area contributed by atoms with Crippen molar-refractivity contribution in [3.8, 4) is 0 Å². The standard InChI is InChI=1S/C12H12ClFN2/c1-2-3-8-6-11(15)9-4-7(14)5-10(13)12(9)16-8/h4-6H,2-3H2,1H3,(H2,15,16). The minimum atomic E-state index is -0.394. The zero-order chi connectivity index (χ0) is 11.7. The van der Waals surface area contributed by atoms with E-state index in [0.29, 0.717) is 21.6 Å². The number of anilines is 1. The van der Waals surface area contributed by atoms with Gasteiger partial charge in [-0.1, -0.05) is 24.9 Å². The number of aromatic nitrogens is 1. The van der Waals surface area contributed by atoms with E-state index >= 15 is 0 Å².